The molecule has 4 aromatic rings. The van der Waals surface area contributed by atoms with E-state index in [0.29, 0.717) is 22.0 Å². The van der Waals surface area contributed by atoms with Gasteiger partial charge < -0.3 is 4.74 Å². The van der Waals surface area contributed by atoms with Gasteiger partial charge in [0.2, 0.25) is 5.88 Å². The zero-order valence-electron chi connectivity index (χ0n) is 19.2. The predicted octanol–water partition coefficient (Wildman–Crippen LogP) is 5.18. The Balaban J connectivity index is 1.55. The minimum absolute atomic E-state index is 0.0339. The number of nitrogens with zero attached hydrogens (tertiary/aromatic N) is 3. The molecule has 0 spiro atoms. The van der Waals surface area contributed by atoms with Gasteiger partial charge in [-0.05, 0) is 54.8 Å². The van der Waals surface area contributed by atoms with Gasteiger partial charge in [-0.2, -0.15) is 0 Å². The zero-order valence-corrected chi connectivity index (χ0v) is 20.8. The molecule has 0 aliphatic heterocycles. The summed E-state index contributed by atoms with van der Waals surface area (Å²) >= 11 is 5.97. The standard InChI is InChI=1S/C25H22ClFN4O4S/c1-35-24-22(30-36(33,34)23-9-7-17(27)12-20(23)26)11-16(13-28-24)15-6-8-21-19(10-15)25(32)31(14-29-21)18-4-2-3-5-18/h6-14,18,30H,2-5H2,1H3. The summed E-state index contributed by atoms with van der Waals surface area (Å²) in [5.41, 5.74) is 1.73. The van der Waals surface area contributed by atoms with Crippen molar-refractivity contribution in [1.29, 1.82) is 0 Å². The first-order valence-electron chi connectivity index (χ1n) is 11.3. The van der Waals surface area contributed by atoms with Crippen molar-refractivity contribution < 1.29 is 17.5 Å². The van der Waals surface area contributed by atoms with E-state index in [1.807, 2.05) is 0 Å². The molecule has 1 fully saturated rings. The van der Waals surface area contributed by atoms with Crippen molar-refractivity contribution in [2.45, 2.75) is 36.6 Å². The summed E-state index contributed by atoms with van der Waals surface area (Å²) in [5.74, 6) is -0.621. The maximum Gasteiger partial charge on any atom is 0.263 e. The number of pyridine rings is 1. The summed E-state index contributed by atoms with van der Waals surface area (Å²) in [6, 6.07) is 9.97. The number of hydrogen-bond donors (Lipinski definition) is 1. The van der Waals surface area contributed by atoms with Gasteiger partial charge in [-0.25, -0.2) is 22.8 Å². The number of methoxy groups -OCH3 is 1. The number of nitrogens with one attached hydrogen (secondary N) is 1. The minimum Gasteiger partial charge on any atom is -0.480 e. The zero-order chi connectivity index (χ0) is 25.4. The number of halogens is 2. The summed E-state index contributed by atoms with van der Waals surface area (Å²) in [6.07, 6.45) is 7.23. The second-order valence-electron chi connectivity index (χ2n) is 8.59. The fraction of sp³-hybridized carbons (Fsp3) is 0.240. The number of sulfonamides is 1. The molecule has 0 amide bonds. The number of aromatic nitrogens is 3. The number of fused-ring (bicyclic) bond motifs is 1. The topological polar surface area (TPSA) is 103 Å². The molecule has 0 saturated heterocycles. The second-order valence-corrected chi connectivity index (χ2v) is 10.6. The number of rotatable bonds is 6. The second kappa shape index (κ2) is 9.51. The first-order valence-corrected chi connectivity index (χ1v) is 13.2. The molecular formula is C25H22ClFN4O4S. The fourth-order valence-corrected chi connectivity index (χ4v) is 6.08. The fourth-order valence-electron chi connectivity index (χ4n) is 4.50. The summed E-state index contributed by atoms with van der Waals surface area (Å²) in [5, 5.41) is 0.212. The molecule has 1 aliphatic carbocycles. The third-order valence-electron chi connectivity index (χ3n) is 6.31. The monoisotopic (exact) mass is 528 g/mol. The lowest BCUT2D eigenvalue weighted by Crippen LogP contribution is -2.23. The number of hydrogen-bond acceptors (Lipinski definition) is 6. The largest absolute Gasteiger partial charge is 0.480 e. The molecule has 5 rings (SSSR count). The van der Waals surface area contributed by atoms with E-state index in [1.54, 1.807) is 35.2 Å². The Kier molecular flexibility index (Phi) is 6.40. The molecular weight excluding hydrogens is 507 g/mol. The smallest absolute Gasteiger partial charge is 0.263 e. The van der Waals surface area contributed by atoms with Crippen LogP contribution in [-0.2, 0) is 10.0 Å². The van der Waals surface area contributed by atoms with Crippen LogP contribution >= 0.6 is 11.6 Å². The van der Waals surface area contributed by atoms with Crippen molar-refractivity contribution >= 4 is 38.2 Å². The molecule has 11 heteroatoms. The third-order valence-corrected chi connectivity index (χ3v) is 8.15. The Morgan fingerprint density at radius 2 is 1.86 bits per heavy atom. The highest BCUT2D eigenvalue weighted by molar-refractivity contribution is 7.92. The molecule has 36 heavy (non-hydrogen) atoms. The van der Waals surface area contributed by atoms with Crippen LogP contribution in [0.25, 0.3) is 22.0 Å². The number of benzene rings is 2. The van der Waals surface area contributed by atoms with Crippen LogP contribution < -0.4 is 15.0 Å². The van der Waals surface area contributed by atoms with Gasteiger partial charge in [0, 0.05) is 17.8 Å². The van der Waals surface area contributed by atoms with E-state index < -0.39 is 15.8 Å². The minimum atomic E-state index is -4.18. The van der Waals surface area contributed by atoms with Gasteiger partial charge >= 0.3 is 0 Å². The van der Waals surface area contributed by atoms with Crippen molar-refractivity contribution in [1.82, 2.24) is 14.5 Å². The summed E-state index contributed by atoms with van der Waals surface area (Å²) < 4.78 is 48.7. The van der Waals surface area contributed by atoms with Crippen molar-refractivity contribution in [3.05, 3.63) is 76.2 Å². The first-order chi connectivity index (χ1) is 17.3. The number of ether oxygens (including phenoxy) is 1. The van der Waals surface area contributed by atoms with Gasteiger partial charge in [0.25, 0.3) is 15.6 Å². The Labute approximate surface area is 211 Å². The van der Waals surface area contributed by atoms with Gasteiger partial charge in [-0.3, -0.25) is 14.1 Å². The SMILES string of the molecule is COc1ncc(-c2ccc3ncn(C4CCCC4)c(=O)c3c2)cc1NS(=O)(=O)c1ccc(F)cc1Cl. The van der Waals surface area contributed by atoms with Crippen LogP contribution in [0.3, 0.4) is 0 Å². The highest BCUT2D eigenvalue weighted by Crippen LogP contribution is 2.33. The molecule has 2 heterocycles. The molecule has 0 unspecified atom stereocenters. The van der Waals surface area contributed by atoms with Crippen LogP contribution in [-0.4, -0.2) is 30.1 Å². The lowest BCUT2D eigenvalue weighted by Gasteiger charge is -2.15. The molecule has 8 nitrogen and oxygen atoms in total. The van der Waals surface area contributed by atoms with E-state index in [9.17, 15) is 17.6 Å². The first kappa shape index (κ1) is 24.2. The average molecular weight is 529 g/mol. The summed E-state index contributed by atoms with van der Waals surface area (Å²) in [4.78, 5) is 21.6. The van der Waals surface area contributed by atoms with E-state index in [1.165, 1.54) is 13.3 Å². The lowest BCUT2D eigenvalue weighted by atomic mass is 10.0. The quantitative estimate of drug-likeness (QED) is 0.370. The maximum atomic E-state index is 13.4. The molecule has 0 radical (unpaired) electrons. The average Bonchev–Trinajstić information content (AvgIpc) is 3.38. The van der Waals surface area contributed by atoms with E-state index >= 15 is 0 Å². The van der Waals surface area contributed by atoms with E-state index in [-0.39, 0.29) is 33.1 Å². The van der Waals surface area contributed by atoms with Crippen molar-refractivity contribution in [3.8, 4) is 17.0 Å². The van der Waals surface area contributed by atoms with E-state index in [2.05, 4.69) is 14.7 Å². The normalized spacial score (nSPS) is 14.3. The van der Waals surface area contributed by atoms with Gasteiger partial charge in [-0.15, -0.1) is 0 Å². The Morgan fingerprint density at radius 1 is 1.08 bits per heavy atom. The van der Waals surface area contributed by atoms with Crippen molar-refractivity contribution in [2.24, 2.45) is 0 Å². The van der Waals surface area contributed by atoms with Crippen LogP contribution in [0.15, 0.2) is 64.7 Å². The van der Waals surface area contributed by atoms with E-state index in [4.69, 9.17) is 16.3 Å². The Bertz CT molecular complexity index is 1640. The highest BCUT2D eigenvalue weighted by atomic mass is 35.5. The Hall–Kier alpha value is -3.50. The van der Waals surface area contributed by atoms with Crippen LogP contribution in [0.4, 0.5) is 10.1 Å². The third kappa shape index (κ3) is 4.54. The maximum absolute atomic E-state index is 13.4. The van der Waals surface area contributed by atoms with Crippen LogP contribution in [0.2, 0.25) is 5.02 Å². The highest BCUT2D eigenvalue weighted by Gasteiger charge is 2.22. The van der Waals surface area contributed by atoms with Gasteiger partial charge in [0.05, 0.1) is 29.4 Å². The number of anilines is 1. The molecule has 2 aromatic carbocycles. The van der Waals surface area contributed by atoms with Crippen LogP contribution in [0.1, 0.15) is 31.7 Å². The predicted molar refractivity (Wildman–Crippen MR) is 136 cm³/mol. The molecule has 0 atom stereocenters. The van der Waals surface area contributed by atoms with Gasteiger partial charge in [0.15, 0.2) is 0 Å². The lowest BCUT2D eigenvalue weighted by molar-refractivity contribution is 0.400. The Morgan fingerprint density at radius 3 is 2.58 bits per heavy atom. The summed E-state index contributed by atoms with van der Waals surface area (Å²) in [7, 11) is -2.82. The van der Waals surface area contributed by atoms with Gasteiger partial charge in [-0.1, -0.05) is 30.5 Å². The summed E-state index contributed by atoms with van der Waals surface area (Å²) in [6.45, 7) is 0. The molecule has 1 N–H and O–H groups in total. The molecule has 1 saturated carbocycles. The van der Waals surface area contributed by atoms with E-state index in [0.717, 1.165) is 43.9 Å². The molecule has 0 bridgehead atoms. The van der Waals surface area contributed by atoms with Crippen LogP contribution in [0.5, 0.6) is 5.88 Å². The van der Waals surface area contributed by atoms with Gasteiger partial charge in [0.1, 0.15) is 16.4 Å². The molecule has 2 aromatic heterocycles. The molecule has 186 valence electrons. The van der Waals surface area contributed by atoms with Crippen LogP contribution in [0, 0.1) is 5.82 Å². The van der Waals surface area contributed by atoms with Crippen molar-refractivity contribution in [3.63, 3.8) is 0 Å². The molecule has 1 aliphatic rings. The van der Waals surface area contributed by atoms with Crippen molar-refractivity contribution in [2.75, 3.05) is 11.8 Å².